The quantitative estimate of drug-likeness (QED) is 0.644. The van der Waals surface area contributed by atoms with Crippen LogP contribution in [0, 0.1) is 0 Å². The number of furan rings is 1. The van der Waals surface area contributed by atoms with Gasteiger partial charge in [-0.05, 0) is 18.6 Å². The molecule has 102 valence electrons. The van der Waals surface area contributed by atoms with E-state index in [2.05, 4.69) is 6.92 Å². The Morgan fingerprint density at radius 3 is 2.61 bits per heavy atom. The van der Waals surface area contributed by atoms with Gasteiger partial charge in [0.1, 0.15) is 12.4 Å². The van der Waals surface area contributed by atoms with E-state index in [-0.39, 0.29) is 5.76 Å². The largest absolute Gasteiger partial charge is 0.475 e. The minimum Gasteiger partial charge on any atom is -0.475 e. The van der Waals surface area contributed by atoms with Gasteiger partial charge < -0.3 is 14.3 Å². The molecule has 0 radical (unpaired) electrons. The van der Waals surface area contributed by atoms with Gasteiger partial charge in [0, 0.05) is 6.61 Å². The van der Waals surface area contributed by atoms with Gasteiger partial charge >= 0.3 is 5.97 Å². The zero-order valence-corrected chi connectivity index (χ0v) is 11.0. The fraction of sp³-hybridized carbons (Fsp3) is 0.643. The van der Waals surface area contributed by atoms with Gasteiger partial charge in [-0.2, -0.15) is 0 Å². The minimum absolute atomic E-state index is 0.0341. The van der Waals surface area contributed by atoms with E-state index < -0.39 is 5.97 Å². The van der Waals surface area contributed by atoms with Crippen LogP contribution in [0.4, 0.5) is 0 Å². The number of carboxylic acids is 1. The summed E-state index contributed by atoms with van der Waals surface area (Å²) >= 11 is 0. The molecule has 0 fully saturated rings. The second kappa shape index (κ2) is 8.75. The topological polar surface area (TPSA) is 59.7 Å². The Labute approximate surface area is 108 Å². The van der Waals surface area contributed by atoms with Gasteiger partial charge in [0.25, 0.3) is 0 Å². The SMILES string of the molecule is CCCCCCCCOCc1ccc(C(=O)O)o1. The van der Waals surface area contributed by atoms with Crippen molar-refractivity contribution in [2.75, 3.05) is 6.61 Å². The molecular weight excluding hydrogens is 232 g/mol. The third-order valence-corrected chi connectivity index (χ3v) is 2.76. The monoisotopic (exact) mass is 254 g/mol. The minimum atomic E-state index is -1.04. The predicted octanol–water partition coefficient (Wildman–Crippen LogP) is 3.85. The smallest absolute Gasteiger partial charge is 0.371 e. The Morgan fingerprint density at radius 2 is 1.94 bits per heavy atom. The van der Waals surface area contributed by atoms with E-state index in [1.165, 1.54) is 38.2 Å². The molecule has 0 bridgehead atoms. The van der Waals surface area contributed by atoms with Crippen LogP contribution in [0.1, 0.15) is 61.8 Å². The molecule has 0 saturated heterocycles. The summed E-state index contributed by atoms with van der Waals surface area (Å²) in [4.78, 5) is 10.6. The molecule has 4 heteroatoms. The molecule has 18 heavy (non-hydrogen) atoms. The summed E-state index contributed by atoms with van der Waals surface area (Å²) < 4.78 is 10.5. The van der Waals surface area contributed by atoms with Gasteiger partial charge in [0.2, 0.25) is 5.76 Å². The maximum atomic E-state index is 10.6. The average Bonchev–Trinajstić information content (AvgIpc) is 2.81. The van der Waals surface area contributed by atoms with Crippen molar-refractivity contribution >= 4 is 5.97 Å². The summed E-state index contributed by atoms with van der Waals surface area (Å²) in [5.74, 6) is -0.510. The summed E-state index contributed by atoms with van der Waals surface area (Å²) in [6.45, 7) is 3.26. The molecule has 1 N–H and O–H groups in total. The summed E-state index contributed by atoms with van der Waals surface area (Å²) in [5, 5.41) is 8.68. The third kappa shape index (κ3) is 5.87. The van der Waals surface area contributed by atoms with Crippen LogP contribution in [-0.4, -0.2) is 17.7 Å². The summed E-state index contributed by atoms with van der Waals surface area (Å²) in [6.07, 6.45) is 7.39. The van der Waals surface area contributed by atoms with Crippen molar-refractivity contribution in [3.63, 3.8) is 0 Å². The van der Waals surface area contributed by atoms with Crippen molar-refractivity contribution < 1.29 is 19.1 Å². The highest BCUT2D eigenvalue weighted by atomic mass is 16.5. The van der Waals surface area contributed by atoms with Crippen LogP contribution in [0.25, 0.3) is 0 Å². The van der Waals surface area contributed by atoms with Crippen LogP contribution in [0.3, 0.4) is 0 Å². The van der Waals surface area contributed by atoms with Gasteiger partial charge in [-0.25, -0.2) is 4.79 Å². The molecule has 0 amide bonds. The Bertz CT molecular complexity index is 343. The first-order valence-electron chi connectivity index (χ1n) is 6.63. The van der Waals surface area contributed by atoms with E-state index in [1.54, 1.807) is 6.07 Å². The van der Waals surface area contributed by atoms with Crippen LogP contribution in [-0.2, 0) is 11.3 Å². The summed E-state index contributed by atoms with van der Waals surface area (Å²) in [5.41, 5.74) is 0. The van der Waals surface area contributed by atoms with Crippen LogP contribution < -0.4 is 0 Å². The van der Waals surface area contributed by atoms with Gasteiger partial charge in [-0.1, -0.05) is 39.0 Å². The maximum absolute atomic E-state index is 10.6. The number of rotatable bonds is 10. The molecule has 0 spiro atoms. The molecule has 0 saturated carbocycles. The average molecular weight is 254 g/mol. The van der Waals surface area contributed by atoms with Crippen LogP contribution >= 0.6 is 0 Å². The molecule has 0 aromatic carbocycles. The predicted molar refractivity (Wildman–Crippen MR) is 68.7 cm³/mol. The Balaban J connectivity index is 2.02. The van der Waals surface area contributed by atoms with Crippen molar-refractivity contribution in [2.45, 2.75) is 52.1 Å². The molecule has 1 heterocycles. The number of unbranched alkanes of at least 4 members (excludes halogenated alkanes) is 5. The van der Waals surface area contributed by atoms with Gasteiger partial charge in [0.05, 0.1) is 0 Å². The Kier molecular flexibility index (Phi) is 7.18. The lowest BCUT2D eigenvalue weighted by atomic mass is 10.1. The molecule has 0 atom stereocenters. The number of hydrogen-bond acceptors (Lipinski definition) is 3. The second-order valence-corrected chi connectivity index (χ2v) is 4.39. The van der Waals surface area contributed by atoms with Crippen LogP contribution in [0.5, 0.6) is 0 Å². The molecule has 4 nitrogen and oxygen atoms in total. The van der Waals surface area contributed by atoms with Crippen molar-refractivity contribution in [1.82, 2.24) is 0 Å². The highest BCUT2D eigenvalue weighted by Gasteiger charge is 2.08. The van der Waals surface area contributed by atoms with E-state index >= 15 is 0 Å². The lowest BCUT2D eigenvalue weighted by Gasteiger charge is -2.02. The number of carbonyl (C=O) groups is 1. The second-order valence-electron chi connectivity index (χ2n) is 4.39. The van der Waals surface area contributed by atoms with E-state index in [1.807, 2.05) is 0 Å². The number of aromatic carboxylic acids is 1. The van der Waals surface area contributed by atoms with Crippen LogP contribution in [0.2, 0.25) is 0 Å². The van der Waals surface area contributed by atoms with Gasteiger partial charge in [0.15, 0.2) is 0 Å². The molecule has 1 rings (SSSR count). The van der Waals surface area contributed by atoms with E-state index in [0.29, 0.717) is 19.0 Å². The van der Waals surface area contributed by atoms with Crippen molar-refractivity contribution in [2.24, 2.45) is 0 Å². The fourth-order valence-corrected chi connectivity index (χ4v) is 1.73. The molecule has 1 aromatic rings. The summed E-state index contributed by atoms with van der Waals surface area (Å²) in [6, 6.07) is 3.09. The lowest BCUT2D eigenvalue weighted by molar-refractivity contribution is 0.0646. The molecule has 0 aliphatic carbocycles. The maximum Gasteiger partial charge on any atom is 0.371 e. The van der Waals surface area contributed by atoms with E-state index in [9.17, 15) is 4.79 Å². The molecule has 0 unspecified atom stereocenters. The Hall–Kier alpha value is -1.29. The zero-order valence-electron chi connectivity index (χ0n) is 11.0. The van der Waals surface area contributed by atoms with Crippen molar-refractivity contribution in [1.29, 1.82) is 0 Å². The number of hydrogen-bond donors (Lipinski definition) is 1. The molecule has 1 aromatic heterocycles. The first-order valence-corrected chi connectivity index (χ1v) is 6.63. The van der Waals surface area contributed by atoms with Gasteiger partial charge in [-0.3, -0.25) is 0 Å². The highest BCUT2D eigenvalue weighted by molar-refractivity contribution is 5.84. The van der Waals surface area contributed by atoms with Crippen LogP contribution in [0.15, 0.2) is 16.5 Å². The number of carboxylic acid groups (broad SMARTS) is 1. The molecular formula is C14H22O4. The molecule has 0 aliphatic heterocycles. The lowest BCUT2D eigenvalue weighted by Crippen LogP contribution is -1.95. The first kappa shape index (κ1) is 14.8. The van der Waals surface area contributed by atoms with Crippen molar-refractivity contribution in [3.8, 4) is 0 Å². The van der Waals surface area contributed by atoms with E-state index in [0.717, 1.165) is 6.42 Å². The van der Waals surface area contributed by atoms with Gasteiger partial charge in [-0.15, -0.1) is 0 Å². The first-order chi connectivity index (χ1) is 8.74. The zero-order chi connectivity index (χ0) is 13.2. The Morgan fingerprint density at radius 1 is 1.22 bits per heavy atom. The van der Waals surface area contributed by atoms with Crippen molar-refractivity contribution in [3.05, 3.63) is 23.7 Å². The summed E-state index contributed by atoms with van der Waals surface area (Å²) in [7, 11) is 0. The fourth-order valence-electron chi connectivity index (χ4n) is 1.73. The standard InChI is InChI=1S/C14H22O4/c1-2-3-4-5-6-7-10-17-11-12-8-9-13(18-12)14(15)16/h8-9H,2-7,10-11H2,1H3,(H,15,16). The normalized spacial score (nSPS) is 10.7. The highest BCUT2D eigenvalue weighted by Crippen LogP contribution is 2.10. The molecule has 0 aliphatic rings. The number of ether oxygens (including phenoxy) is 1. The third-order valence-electron chi connectivity index (χ3n) is 2.76. The van der Waals surface area contributed by atoms with E-state index in [4.69, 9.17) is 14.3 Å².